The number of benzene rings is 1. The van der Waals surface area contributed by atoms with Gasteiger partial charge in [-0.3, -0.25) is 10.8 Å². The summed E-state index contributed by atoms with van der Waals surface area (Å²) in [6, 6.07) is 5.29. The third kappa shape index (κ3) is 2.33. The fourth-order valence-electron chi connectivity index (χ4n) is 1.50. The summed E-state index contributed by atoms with van der Waals surface area (Å²) in [7, 11) is 0. The average Bonchev–Trinajstić information content (AvgIpc) is 2.18. The quantitative estimate of drug-likeness (QED) is 0.619. The minimum absolute atomic E-state index is 0. The van der Waals surface area contributed by atoms with Crippen LogP contribution in [0.15, 0.2) is 18.2 Å². The molecule has 0 spiro atoms. The molecule has 0 fully saturated rings. The van der Waals surface area contributed by atoms with Crippen LogP contribution in [0.1, 0.15) is 5.69 Å². The van der Waals surface area contributed by atoms with Gasteiger partial charge in [0.15, 0.2) is 0 Å². The molecule has 0 aliphatic carbocycles. The van der Waals surface area contributed by atoms with Gasteiger partial charge in [0.1, 0.15) is 0 Å². The van der Waals surface area contributed by atoms with Crippen molar-refractivity contribution in [2.24, 2.45) is 5.84 Å². The lowest BCUT2D eigenvalue weighted by molar-refractivity contribution is 1.24. The molecule has 0 aliphatic heterocycles. The van der Waals surface area contributed by atoms with E-state index in [-0.39, 0.29) is 12.4 Å². The minimum Gasteiger partial charge on any atom is -0.323 e. The van der Waals surface area contributed by atoms with Crippen molar-refractivity contribution < 1.29 is 0 Å². The van der Waals surface area contributed by atoms with Gasteiger partial charge in [-0.15, -0.1) is 12.4 Å². The number of fused-ring (bicyclic) bond motifs is 1. The van der Waals surface area contributed by atoms with E-state index in [9.17, 15) is 0 Å². The van der Waals surface area contributed by atoms with Crippen LogP contribution in [0.2, 0.25) is 10.0 Å². The third-order valence-electron chi connectivity index (χ3n) is 2.12. The number of nitrogens with one attached hydrogen (secondary N) is 1. The minimum atomic E-state index is 0. The van der Waals surface area contributed by atoms with Crippen molar-refractivity contribution in [2.45, 2.75) is 6.92 Å². The summed E-state index contributed by atoms with van der Waals surface area (Å²) in [5.41, 5.74) is 4.92. The highest BCUT2D eigenvalue weighted by atomic mass is 35.5. The van der Waals surface area contributed by atoms with Gasteiger partial charge in [0.2, 0.25) is 0 Å². The van der Waals surface area contributed by atoms with Crippen molar-refractivity contribution in [1.82, 2.24) is 4.98 Å². The van der Waals surface area contributed by atoms with Crippen LogP contribution in [0.3, 0.4) is 0 Å². The zero-order valence-electron chi connectivity index (χ0n) is 8.42. The van der Waals surface area contributed by atoms with Crippen LogP contribution in [0.4, 0.5) is 5.69 Å². The lowest BCUT2D eigenvalue weighted by Gasteiger charge is -2.08. The van der Waals surface area contributed by atoms with E-state index in [1.165, 1.54) is 0 Å². The van der Waals surface area contributed by atoms with E-state index in [0.29, 0.717) is 15.6 Å². The second-order valence-corrected chi connectivity index (χ2v) is 4.08. The Morgan fingerprint density at radius 1 is 1.25 bits per heavy atom. The van der Waals surface area contributed by atoms with Crippen molar-refractivity contribution >= 4 is 52.2 Å². The first-order valence-corrected chi connectivity index (χ1v) is 5.10. The number of hydrazine groups is 1. The molecule has 3 N–H and O–H groups in total. The Hall–Kier alpha value is -0.740. The molecule has 86 valence electrons. The Balaban J connectivity index is 0.00000128. The molecular weight excluding hydrogens is 268 g/mol. The predicted molar refractivity (Wildman–Crippen MR) is 71.6 cm³/mol. The first kappa shape index (κ1) is 13.3. The molecule has 0 aliphatic rings. The molecular formula is C10H10Cl3N3. The number of halogens is 3. The number of nitrogens with zero attached hydrogens (tertiary/aromatic N) is 1. The number of rotatable bonds is 1. The molecule has 0 atom stereocenters. The molecule has 1 heterocycles. The average molecular weight is 279 g/mol. The number of aryl methyl sites for hydroxylation is 1. The van der Waals surface area contributed by atoms with Gasteiger partial charge in [0.05, 0.1) is 16.2 Å². The van der Waals surface area contributed by atoms with Crippen LogP contribution < -0.4 is 11.3 Å². The summed E-state index contributed by atoms with van der Waals surface area (Å²) >= 11 is 12.0. The fourth-order valence-corrected chi connectivity index (χ4v) is 2.04. The largest absolute Gasteiger partial charge is 0.323 e. The first-order valence-electron chi connectivity index (χ1n) is 4.35. The molecule has 0 unspecified atom stereocenters. The van der Waals surface area contributed by atoms with Crippen molar-refractivity contribution in [3.05, 3.63) is 33.9 Å². The zero-order valence-corrected chi connectivity index (χ0v) is 10.7. The van der Waals surface area contributed by atoms with Gasteiger partial charge in [-0.1, -0.05) is 23.2 Å². The first-order chi connectivity index (χ1) is 7.11. The molecule has 0 amide bonds. The van der Waals surface area contributed by atoms with Crippen LogP contribution in [0, 0.1) is 6.92 Å². The standard InChI is InChI=1S/C10H9Cl2N3.ClH/c1-5-2-9(15-13)7-3-6(11)4-8(12)10(7)14-5;/h2-4H,13H2,1H3,(H,14,15);1H. The number of nitrogens with two attached hydrogens (primary N) is 1. The van der Waals surface area contributed by atoms with Gasteiger partial charge < -0.3 is 5.43 Å². The molecule has 0 saturated heterocycles. The predicted octanol–water partition coefficient (Wildman–Crippen LogP) is 3.56. The number of pyridine rings is 1. The fraction of sp³-hybridized carbons (Fsp3) is 0.100. The Labute approximate surface area is 109 Å². The normalized spacial score (nSPS) is 10.0. The van der Waals surface area contributed by atoms with E-state index >= 15 is 0 Å². The van der Waals surface area contributed by atoms with E-state index in [1.807, 2.05) is 13.0 Å². The van der Waals surface area contributed by atoms with Gasteiger partial charge in [0, 0.05) is 16.1 Å². The Kier molecular flexibility index (Phi) is 4.21. The molecule has 1 aromatic heterocycles. The maximum atomic E-state index is 6.05. The molecule has 2 aromatic rings. The number of hydrogen-bond donors (Lipinski definition) is 2. The molecule has 3 nitrogen and oxygen atoms in total. The molecule has 2 rings (SSSR count). The zero-order chi connectivity index (χ0) is 11.0. The summed E-state index contributed by atoms with van der Waals surface area (Å²) in [4.78, 5) is 4.34. The highest BCUT2D eigenvalue weighted by molar-refractivity contribution is 6.38. The maximum Gasteiger partial charge on any atom is 0.0913 e. The Morgan fingerprint density at radius 3 is 2.56 bits per heavy atom. The van der Waals surface area contributed by atoms with Crippen LogP contribution in [0.25, 0.3) is 10.9 Å². The molecule has 6 heteroatoms. The monoisotopic (exact) mass is 277 g/mol. The summed E-state index contributed by atoms with van der Waals surface area (Å²) < 4.78 is 0. The third-order valence-corrected chi connectivity index (χ3v) is 2.62. The van der Waals surface area contributed by atoms with Gasteiger partial charge >= 0.3 is 0 Å². The van der Waals surface area contributed by atoms with E-state index in [0.717, 1.165) is 16.8 Å². The van der Waals surface area contributed by atoms with Crippen molar-refractivity contribution in [3.8, 4) is 0 Å². The van der Waals surface area contributed by atoms with Crippen LogP contribution in [-0.4, -0.2) is 4.98 Å². The van der Waals surface area contributed by atoms with Gasteiger partial charge in [0.25, 0.3) is 0 Å². The van der Waals surface area contributed by atoms with Crippen molar-refractivity contribution in [2.75, 3.05) is 5.43 Å². The van der Waals surface area contributed by atoms with Gasteiger partial charge in [-0.2, -0.15) is 0 Å². The molecule has 16 heavy (non-hydrogen) atoms. The Bertz CT molecular complexity index is 528. The summed E-state index contributed by atoms with van der Waals surface area (Å²) in [5, 5.41) is 1.91. The van der Waals surface area contributed by atoms with E-state index in [2.05, 4.69) is 10.4 Å². The van der Waals surface area contributed by atoms with Crippen LogP contribution in [0.5, 0.6) is 0 Å². The maximum absolute atomic E-state index is 6.05. The van der Waals surface area contributed by atoms with E-state index in [1.54, 1.807) is 12.1 Å². The molecule has 0 saturated carbocycles. The van der Waals surface area contributed by atoms with Crippen molar-refractivity contribution in [3.63, 3.8) is 0 Å². The number of nitrogen functional groups attached to an aromatic ring is 1. The lowest BCUT2D eigenvalue weighted by atomic mass is 10.1. The van der Waals surface area contributed by atoms with Gasteiger partial charge in [-0.05, 0) is 25.1 Å². The van der Waals surface area contributed by atoms with Gasteiger partial charge in [-0.25, -0.2) is 0 Å². The molecule has 1 aromatic carbocycles. The smallest absolute Gasteiger partial charge is 0.0913 e. The number of anilines is 1. The highest BCUT2D eigenvalue weighted by Gasteiger charge is 2.07. The number of aromatic nitrogens is 1. The van der Waals surface area contributed by atoms with E-state index < -0.39 is 0 Å². The topological polar surface area (TPSA) is 50.9 Å². The lowest BCUT2D eigenvalue weighted by Crippen LogP contribution is -2.08. The second kappa shape index (κ2) is 5.06. The Morgan fingerprint density at radius 2 is 1.94 bits per heavy atom. The molecule has 0 bridgehead atoms. The number of hydrogen-bond acceptors (Lipinski definition) is 3. The highest BCUT2D eigenvalue weighted by Crippen LogP contribution is 2.31. The summed E-state index contributed by atoms with van der Waals surface area (Å²) in [6.07, 6.45) is 0. The summed E-state index contributed by atoms with van der Waals surface area (Å²) in [5.74, 6) is 5.42. The SMILES string of the molecule is Cc1cc(NN)c2cc(Cl)cc(Cl)c2n1.Cl. The summed E-state index contributed by atoms with van der Waals surface area (Å²) in [6.45, 7) is 1.88. The van der Waals surface area contributed by atoms with Crippen LogP contribution in [-0.2, 0) is 0 Å². The van der Waals surface area contributed by atoms with E-state index in [4.69, 9.17) is 29.0 Å². The second-order valence-electron chi connectivity index (χ2n) is 3.24. The van der Waals surface area contributed by atoms with Crippen molar-refractivity contribution in [1.29, 1.82) is 0 Å². The van der Waals surface area contributed by atoms with Crippen LogP contribution >= 0.6 is 35.6 Å². The molecule has 0 radical (unpaired) electrons.